The molecule has 3 aromatic heterocycles. The van der Waals surface area contributed by atoms with Gasteiger partial charge in [-0.25, -0.2) is 44.7 Å². The molecule has 11 rings (SSSR count). The molecule has 27 nitrogen and oxygen atoms in total. The Balaban J connectivity index is 0.000000176. The van der Waals surface area contributed by atoms with Gasteiger partial charge in [-0.2, -0.15) is 13.5 Å². The number of ketones is 1. The largest absolute Gasteiger partial charge is 0.496 e. The van der Waals surface area contributed by atoms with E-state index >= 15 is 0 Å². The summed E-state index contributed by atoms with van der Waals surface area (Å²) < 4.78 is 113. The van der Waals surface area contributed by atoms with Crippen molar-refractivity contribution in [3.05, 3.63) is 195 Å². The predicted molar refractivity (Wildman–Crippen MR) is 379 cm³/mol. The first-order chi connectivity index (χ1) is 48.9. The van der Waals surface area contributed by atoms with Gasteiger partial charge in [0, 0.05) is 60.1 Å². The first-order valence-electron chi connectivity index (χ1n) is 32.4. The van der Waals surface area contributed by atoms with E-state index in [0.29, 0.717) is 77.9 Å². The monoisotopic (exact) mass is 1520 g/mol. The van der Waals surface area contributed by atoms with Gasteiger partial charge in [0.2, 0.25) is 5.88 Å². The summed E-state index contributed by atoms with van der Waals surface area (Å²) in [5.74, 6) is -3.85. The minimum absolute atomic E-state index is 0.00623. The van der Waals surface area contributed by atoms with E-state index in [2.05, 4.69) is 53.6 Å². The number of para-hydroxylation sites is 1. The van der Waals surface area contributed by atoms with E-state index in [9.17, 15) is 68.4 Å². The molecular weight excluding hydrogens is 1440 g/mol. The average molecular weight is 1520 g/mol. The molecule has 1 aliphatic carbocycles. The summed E-state index contributed by atoms with van der Waals surface area (Å²) in [5, 5.41) is 20.4. The van der Waals surface area contributed by atoms with Crippen molar-refractivity contribution < 1.29 is 78.1 Å². The number of sulfone groups is 1. The van der Waals surface area contributed by atoms with Gasteiger partial charge < -0.3 is 34.6 Å². The Labute approximate surface area is 605 Å². The fourth-order valence-electron chi connectivity index (χ4n) is 11.0. The van der Waals surface area contributed by atoms with Crippen LogP contribution in [0.5, 0.6) is 11.6 Å². The number of carboxylic acids is 1. The summed E-state index contributed by atoms with van der Waals surface area (Å²) >= 11 is 11.5. The molecule has 0 bridgehead atoms. The molecule has 4 N–H and O–H groups in total. The van der Waals surface area contributed by atoms with Crippen LogP contribution in [0.15, 0.2) is 120 Å². The number of fused-ring (bicyclic) bond motifs is 1. The van der Waals surface area contributed by atoms with E-state index in [1.165, 1.54) is 73.1 Å². The number of rotatable bonds is 19. The van der Waals surface area contributed by atoms with Crippen LogP contribution in [-0.2, 0) is 78.4 Å². The number of aliphatic carboxylic acids is 1. The molecule has 5 aromatic carbocycles. The molecule has 0 radical (unpaired) electrons. The molecule has 34 heteroatoms. The Hall–Kier alpha value is -9.89. The molecule has 2 aliphatic heterocycles. The van der Waals surface area contributed by atoms with Crippen molar-refractivity contribution >= 4 is 78.3 Å². The number of ether oxygens (including phenoxy) is 3. The van der Waals surface area contributed by atoms with E-state index in [1.54, 1.807) is 34.5 Å². The zero-order valence-corrected chi connectivity index (χ0v) is 61.6. The molecule has 8 aromatic rings. The van der Waals surface area contributed by atoms with Crippen LogP contribution in [0.25, 0.3) is 16.8 Å². The molecule has 1 unspecified atom stereocenters. The second-order valence-corrected chi connectivity index (χ2v) is 29.8. The second-order valence-electron chi connectivity index (χ2n) is 25.2. The summed E-state index contributed by atoms with van der Waals surface area (Å²) in [6, 6.07) is 20.9. The number of nitrogens with one attached hydrogen (secondary N) is 3. The van der Waals surface area contributed by atoms with Crippen molar-refractivity contribution in [1.29, 1.82) is 0 Å². The lowest BCUT2D eigenvalue weighted by atomic mass is 9.91. The lowest BCUT2D eigenvalue weighted by Crippen LogP contribution is -2.31. The van der Waals surface area contributed by atoms with Crippen LogP contribution in [0.2, 0.25) is 5.02 Å². The van der Waals surface area contributed by atoms with E-state index in [0.717, 1.165) is 67.7 Å². The zero-order valence-electron chi connectivity index (χ0n) is 58.5. The number of sulfonamides is 1. The number of aryl methyl sites for hydroxylation is 5. The minimum Gasteiger partial charge on any atom is -0.496 e. The number of amides is 2. The number of carbonyl (C=O) groups is 5. The van der Waals surface area contributed by atoms with Gasteiger partial charge in [-0.3, -0.25) is 38.2 Å². The summed E-state index contributed by atoms with van der Waals surface area (Å²) in [4.78, 5) is 103. The number of esters is 1. The SMILES string of the molecule is CCc1cc(C)cc(CC)c1-c1c(OC(=O)C(C)(C)C)n2n(c1=O)CCOCC2.COc1ccccc1C(=O)NS(=O)(=O)c1ccc(C(=O)NC2CC2)cc1.Cc1c(C(=O)c2c[nH]n(C)c2=O)ccc(S(C)(=O)=O)c1C1=NOCC1.Cc1nn(-c2cc(CC(Cl)C(=O)O)c(Cl)cc2F)c(=O)n1C(F)F. The highest BCUT2D eigenvalue weighted by molar-refractivity contribution is 7.91. The molecular formula is C70H77Cl2F3N10O17S2. The van der Waals surface area contributed by atoms with E-state index in [4.69, 9.17) is 47.4 Å². The van der Waals surface area contributed by atoms with E-state index in [-0.39, 0.29) is 83.1 Å². The van der Waals surface area contributed by atoms with Gasteiger partial charge in [-0.1, -0.05) is 60.4 Å². The minimum atomic E-state index is -4.07. The second kappa shape index (κ2) is 33.3. The lowest BCUT2D eigenvalue weighted by molar-refractivity contribution is -0.143. The van der Waals surface area contributed by atoms with Gasteiger partial charge in [-0.15, -0.1) is 16.7 Å². The number of halogens is 5. The number of nitrogens with zero attached hydrogens (tertiary/aromatic N) is 7. The number of carboxylic acid groups (broad SMARTS) is 1. The number of carbonyl (C=O) groups excluding carboxylic acids is 4. The molecule has 1 saturated carbocycles. The Kier molecular flexibility index (Phi) is 25.5. The average Bonchev–Trinajstić information content (AvgIpc) is 1.58. The Morgan fingerprint density at radius 2 is 1.44 bits per heavy atom. The first-order valence-corrected chi connectivity index (χ1v) is 36.6. The molecule has 556 valence electrons. The van der Waals surface area contributed by atoms with Gasteiger partial charge in [0.15, 0.2) is 21.4 Å². The number of methoxy groups -OCH3 is 1. The van der Waals surface area contributed by atoms with E-state index in [1.807, 2.05) is 25.5 Å². The Morgan fingerprint density at radius 1 is 0.808 bits per heavy atom. The van der Waals surface area contributed by atoms with Crippen LogP contribution in [0.3, 0.4) is 0 Å². The maximum absolute atomic E-state index is 14.1. The van der Waals surface area contributed by atoms with Gasteiger partial charge in [0.05, 0.1) is 59.9 Å². The third-order valence-corrected chi connectivity index (χ3v) is 19.8. The first kappa shape index (κ1) is 79.8. The van der Waals surface area contributed by atoms with Crippen LogP contribution in [0.4, 0.5) is 13.2 Å². The molecule has 5 heterocycles. The fraction of sp³-hybridized carbons (Fsp3) is 0.371. The summed E-state index contributed by atoms with van der Waals surface area (Å²) in [6.45, 7) is 13.6. The van der Waals surface area contributed by atoms with Gasteiger partial charge in [-0.05, 0) is 156 Å². The molecule has 2 amide bonds. The molecule has 1 atom stereocenters. The zero-order chi connectivity index (χ0) is 76.6. The summed E-state index contributed by atoms with van der Waals surface area (Å²) in [5.41, 5.74) is 4.04. The van der Waals surface area contributed by atoms with Crippen LogP contribution in [0, 0.1) is 32.0 Å². The number of oxime groups is 1. The number of hydrogen-bond acceptors (Lipinski definition) is 18. The molecule has 3 aliphatic rings. The number of alkyl halides is 3. The van der Waals surface area contributed by atoms with Gasteiger partial charge in [0.1, 0.15) is 40.4 Å². The van der Waals surface area contributed by atoms with Crippen molar-refractivity contribution in [3.8, 4) is 28.4 Å². The van der Waals surface area contributed by atoms with Crippen LogP contribution < -0.4 is 36.3 Å². The molecule has 0 saturated heterocycles. The van der Waals surface area contributed by atoms with E-state index < -0.39 is 77.6 Å². The number of benzene rings is 5. The topological polar surface area (TPSA) is 352 Å². The molecule has 1 fully saturated rings. The van der Waals surface area contributed by atoms with Crippen molar-refractivity contribution in [2.24, 2.45) is 17.6 Å². The number of aromatic amines is 1. The quantitative estimate of drug-likeness (QED) is 0.0333. The smallest absolute Gasteiger partial charge is 0.355 e. The fourth-order valence-corrected chi connectivity index (χ4v) is 13.4. The lowest BCUT2D eigenvalue weighted by Gasteiger charge is -2.19. The standard InChI is InChI=1S/C23H32N2O4.C18H18N2O5S.C16H17N3O5S.C13H10Cl2F3N3O3/c1-7-16-13-15(3)14-17(8-2)18(16)19-20(26)24-9-11-28-12-10-25(24)21(19)29-22(27)23(4,5)6;1-25-16-5-3-2-4-15(16)18(22)20-26(23,24)14-10-6-12(7-11-14)17(21)19-13-8-9-13;1-9-10(15(20)11-8-17-19(2)16(11)21)4-5-13(25(3,22)23)14(9)12-6-7-24-18-12;1-5-19-21(13(24)20(5)12(17)18)10-3-6(2-8(15)11(22)23)7(14)4-9(10)16/h13-14H,7-12H2,1-6H3;2-7,10-11,13H,8-9H2,1H3,(H,19,21)(H,20,22);4-5,8,17H,6-7H2,1-3H3;3-4,8,12H,2H2,1H3,(H,22,23). The third-order valence-electron chi connectivity index (χ3n) is 16.6. The molecule has 0 spiro atoms. The highest BCUT2D eigenvalue weighted by atomic mass is 35.5. The van der Waals surface area contributed by atoms with Gasteiger partial charge >= 0.3 is 24.2 Å². The van der Waals surface area contributed by atoms with Crippen molar-refractivity contribution in [2.75, 3.05) is 33.2 Å². The van der Waals surface area contributed by atoms with Crippen LogP contribution in [0.1, 0.15) is 136 Å². The number of hydrogen-bond donors (Lipinski definition) is 4. The normalized spacial score (nSPS) is 13.8. The maximum Gasteiger partial charge on any atom is 0.355 e. The highest BCUT2D eigenvalue weighted by Gasteiger charge is 2.34. The summed E-state index contributed by atoms with van der Waals surface area (Å²) in [6.07, 6.45) is 6.16. The van der Waals surface area contributed by atoms with Crippen molar-refractivity contribution in [3.63, 3.8) is 0 Å². The van der Waals surface area contributed by atoms with Crippen molar-refractivity contribution in [2.45, 2.75) is 135 Å². The number of H-pyrrole nitrogens is 1. The van der Waals surface area contributed by atoms with Gasteiger partial charge in [0.25, 0.3) is 33.0 Å². The predicted octanol–water partition coefficient (Wildman–Crippen LogP) is 8.98. The Bertz CT molecular complexity index is 5060. The van der Waals surface area contributed by atoms with Crippen LogP contribution >= 0.6 is 23.2 Å². The van der Waals surface area contributed by atoms with Crippen molar-refractivity contribution in [1.82, 2.24) is 43.5 Å². The third kappa shape index (κ3) is 18.4. The number of aromatic nitrogens is 7. The molecule has 104 heavy (non-hydrogen) atoms. The summed E-state index contributed by atoms with van der Waals surface area (Å²) in [7, 11) is -4.69. The van der Waals surface area contributed by atoms with Crippen LogP contribution in [-0.4, -0.2) is 135 Å². The Morgan fingerprint density at radius 3 is 1.98 bits per heavy atom. The maximum atomic E-state index is 14.1. The highest BCUT2D eigenvalue weighted by Crippen LogP contribution is 2.37.